The highest BCUT2D eigenvalue weighted by atomic mass is 16.5. The molecular weight excluding hydrogens is 404 g/mol. The van der Waals surface area contributed by atoms with Gasteiger partial charge in [-0.05, 0) is 38.5 Å². The monoisotopic (exact) mass is 464 g/mol. The summed E-state index contributed by atoms with van der Waals surface area (Å²) in [6.45, 7) is 5.17. The summed E-state index contributed by atoms with van der Waals surface area (Å²) >= 11 is 0. The lowest BCUT2D eigenvalue weighted by Crippen LogP contribution is -2.05. The number of rotatable bonds is 27. The molecule has 196 valence electrons. The molecule has 2 heteroatoms. The third-order valence-corrected chi connectivity index (χ3v) is 6.65. The van der Waals surface area contributed by atoms with Crippen LogP contribution < -0.4 is 0 Å². The van der Waals surface area contributed by atoms with Gasteiger partial charge in [-0.2, -0.15) is 0 Å². The number of ether oxygens (including phenoxy) is 1. The quantitative estimate of drug-likeness (QED) is 0.0686. The Balaban J connectivity index is 3.18. The van der Waals surface area contributed by atoms with Crippen LogP contribution in [-0.2, 0) is 9.53 Å². The third-order valence-electron chi connectivity index (χ3n) is 6.65. The normalized spacial score (nSPS) is 11.5. The molecule has 0 aliphatic heterocycles. The van der Waals surface area contributed by atoms with Crippen LogP contribution in [0.3, 0.4) is 0 Å². The molecule has 0 saturated heterocycles. The second-order valence-electron chi connectivity index (χ2n) is 10.1. The van der Waals surface area contributed by atoms with E-state index >= 15 is 0 Å². The predicted molar refractivity (Wildman–Crippen MR) is 147 cm³/mol. The van der Waals surface area contributed by atoms with Gasteiger partial charge in [0.25, 0.3) is 0 Å². The largest absolute Gasteiger partial charge is 0.466 e. The van der Waals surface area contributed by atoms with E-state index in [1.165, 1.54) is 141 Å². The molecule has 0 spiro atoms. The highest BCUT2D eigenvalue weighted by molar-refractivity contribution is 5.69. The van der Waals surface area contributed by atoms with Crippen LogP contribution in [0.2, 0.25) is 0 Å². The molecule has 0 aromatic rings. The van der Waals surface area contributed by atoms with Gasteiger partial charge in [-0.15, -0.1) is 0 Å². The van der Waals surface area contributed by atoms with E-state index in [-0.39, 0.29) is 5.97 Å². The van der Waals surface area contributed by atoms with Gasteiger partial charge in [0.1, 0.15) is 0 Å². The maximum atomic E-state index is 11.8. The molecule has 0 aromatic heterocycles. The van der Waals surface area contributed by atoms with Gasteiger partial charge in [-0.25, -0.2) is 0 Å². The molecule has 0 aliphatic carbocycles. The van der Waals surface area contributed by atoms with Gasteiger partial charge in [0, 0.05) is 6.42 Å². The number of esters is 1. The zero-order chi connectivity index (χ0) is 24.1. The van der Waals surface area contributed by atoms with E-state index < -0.39 is 0 Å². The van der Waals surface area contributed by atoms with Crippen LogP contribution >= 0.6 is 0 Å². The second kappa shape index (κ2) is 29.2. The SMILES string of the molecule is CCCCCCCC/C=C\CCCCCCCCCOC(=O)CCCCCCCCCCC. The van der Waals surface area contributed by atoms with Crippen LogP contribution in [-0.4, -0.2) is 12.6 Å². The van der Waals surface area contributed by atoms with E-state index in [1.54, 1.807) is 0 Å². The van der Waals surface area contributed by atoms with E-state index in [0.717, 1.165) is 12.8 Å². The van der Waals surface area contributed by atoms with Gasteiger partial charge in [-0.1, -0.05) is 142 Å². The Morgan fingerprint density at radius 3 is 1.30 bits per heavy atom. The van der Waals surface area contributed by atoms with Crippen molar-refractivity contribution >= 4 is 5.97 Å². The van der Waals surface area contributed by atoms with Crippen molar-refractivity contribution in [2.45, 2.75) is 174 Å². The van der Waals surface area contributed by atoms with Crippen molar-refractivity contribution in [3.8, 4) is 0 Å². The first-order valence-electron chi connectivity index (χ1n) is 15.1. The van der Waals surface area contributed by atoms with Crippen LogP contribution in [0.1, 0.15) is 174 Å². The smallest absolute Gasteiger partial charge is 0.305 e. The van der Waals surface area contributed by atoms with Gasteiger partial charge in [-0.3, -0.25) is 4.79 Å². The summed E-state index contributed by atoms with van der Waals surface area (Å²) in [6.07, 6.45) is 36.8. The molecule has 0 N–H and O–H groups in total. The van der Waals surface area contributed by atoms with Crippen LogP contribution in [0.15, 0.2) is 12.2 Å². The maximum absolute atomic E-state index is 11.8. The molecule has 2 nitrogen and oxygen atoms in total. The number of hydrogen-bond acceptors (Lipinski definition) is 2. The van der Waals surface area contributed by atoms with Crippen molar-refractivity contribution in [2.24, 2.45) is 0 Å². The standard InChI is InChI=1S/C31H60O2/c1-3-5-7-9-11-13-14-15-16-17-18-19-20-22-24-26-28-30-33-31(32)29-27-25-23-21-12-10-8-6-4-2/h15-16H,3-14,17-30H2,1-2H3/b16-15-. The Morgan fingerprint density at radius 1 is 0.485 bits per heavy atom. The summed E-state index contributed by atoms with van der Waals surface area (Å²) in [4.78, 5) is 11.8. The van der Waals surface area contributed by atoms with Crippen LogP contribution in [0.5, 0.6) is 0 Å². The van der Waals surface area contributed by atoms with E-state index in [4.69, 9.17) is 4.74 Å². The van der Waals surface area contributed by atoms with Gasteiger partial charge in [0.2, 0.25) is 0 Å². The van der Waals surface area contributed by atoms with Crippen molar-refractivity contribution in [3.63, 3.8) is 0 Å². The van der Waals surface area contributed by atoms with Crippen molar-refractivity contribution < 1.29 is 9.53 Å². The fourth-order valence-electron chi connectivity index (χ4n) is 4.36. The lowest BCUT2D eigenvalue weighted by Gasteiger charge is -2.05. The molecule has 0 aromatic carbocycles. The highest BCUT2D eigenvalue weighted by Gasteiger charge is 2.02. The molecule has 0 heterocycles. The average Bonchev–Trinajstić information content (AvgIpc) is 2.82. The predicted octanol–water partition coefficient (Wildman–Crippen LogP) is 10.9. The molecule has 0 saturated carbocycles. The molecule has 33 heavy (non-hydrogen) atoms. The summed E-state index contributed by atoms with van der Waals surface area (Å²) in [7, 11) is 0. The van der Waals surface area contributed by atoms with Gasteiger partial charge in [0.05, 0.1) is 6.61 Å². The Labute approximate surface area is 208 Å². The molecule has 0 atom stereocenters. The molecule has 0 bridgehead atoms. The topological polar surface area (TPSA) is 26.3 Å². The van der Waals surface area contributed by atoms with Gasteiger partial charge >= 0.3 is 5.97 Å². The minimum atomic E-state index is 0.0162. The number of unbranched alkanes of at least 4 members (excludes halogenated alkanes) is 21. The van der Waals surface area contributed by atoms with Gasteiger partial charge in [0.15, 0.2) is 0 Å². The summed E-state index contributed by atoms with van der Waals surface area (Å²) in [6, 6.07) is 0. The fourth-order valence-corrected chi connectivity index (χ4v) is 4.36. The number of carbonyl (C=O) groups is 1. The Bertz CT molecular complexity index is 402. The van der Waals surface area contributed by atoms with Crippen LogP contribution in [0.4, 0.5) is 0 Å². The van der Waals surface area contributed by atoms with Crippen molar-refractivity contribution in [1.82, 2.24) is 0 Å². The molecule has 0 rings (SSSR count). The molecule has 0 radical (unpaired) electrons. The molecular formula is C31H60O2. The minimum absolute atomic E-state index is 0.0162. The van der Waals surface area contributed by atoms with Crippen molar-refractivity contribution in [3.05, 3.63) is 12.2 Å². The van der Waals surface area contributed by atoms with Gasteiger partial charge < -0.3 is 4.74 Å². The minimum Gasteiger partial charge on any atom is -0.466 e. The van der Waals surface area contributed by atoms with Crippen molar-refractivity contribution in [2.75, 3.05) is 6.61 Å². The maximum Gasteiger partial charge on any atom is 0.305 e. The van der Waals surface area contributed by atoms with Crippen LogP contribution in [0, 0.1) is 0 Å². The van der Waals surface area contributed by atoms with E-state index in [1.807, 2.05) is 0 Å². The Kier molecular flexibility index (Phi) is 28.5. The molecule has 0 fully saturated rings. The summed E-state index contributed by atoms with van der Waals surface area (Å²) in [5.41, 5.74) is 0. The third kappa shape index (κ3) is 29.2. The number of carbonyl (C=O) groups excluding carboxylic acids is 1. The number of hydrogen-bond donors (Lipinski definition) is 0. The zero-order valence-corrected chi connectivity index (χ0v) is 22.9. The lowest BCUT2D eigenvalue weighted by atomic mass is 10.1. The summed E-state index contributed by atoms with van der Waals surface area (Å²) in [5.74, 6) is 0.0162. The lowest BCUT2D eigenvalue weighted by molar-refractivity contribution is -0.143. The molecule has 0 amide bonds. The Morgan fingerprint density at radius 2 is 0.848 bits per heavy atom. The second-order valence-corrected chi connectivity index (χ2v) is 10.1. The van der Waals surface area contributed by atoms with E-state index in [0.29, 0.717) is 13.0 Å². The zero-order valence-electron chi connectivity index (χ0n) is 22.9. The highest BCUT2D eigenvalue weighted by Crippen LogP contribution is 2.12. The average molecular weight is 465 g/mol. The summed E-state index contributed by atoms with van der Waals surface area (Å²) in [5, 5.41) is 0. The first-order valence-corrected chi connectivity index (χ1v) is 15.1. The summed E-state index contributed by atoms with van der Waals surface area (Å²) < 4.78 is 5.39. The number of allylic oxidation sites excluding steroid dienone is 2. The molecule has 0 unspecified atom stereocenters. The van der Waals surface area contributed by atoms with Crippen LogP contribution in [0.25, 0.3) is 0 Å². The van der Waals surface area contributed by atoms with E-state index in [2.05, 4.69) is 26.0 Å². The first kappa shape index (κ1) is 32.2. The molecule has 0 aliphatic rings. The fraction of sp³-hybridized carbons (Fsp3) is 0.903. The van der Waals surface area contributed by atoms with Crippen molar-refractivity contribution in [1.29, 1.82) is 0 Å². The first-order chi connectivity index (χ1) is 16.3. The Hall–Kier alpha value is -0.790. The van der Waals surface area contributed by atoms with E-state index in [9.17, 15) is 4.79 Å².